The van der Waals surface area contributed by atoms with E-state index >= 15 is 0 Å². The molecular weight excluding hydrogens is 252 g/mol. The third kappa shape index (κ3) is 3.27. The molecule has 3 N–H and O–H groups in total. The van der Waals surface area contributed by atoms with Gasteiger partial charge in [-0.05, 0) is 63.2 Å². The Morgan fingerprint density at radius 1 is 1.15 bits per heavy atom. The van der Waals surface area contributed by atoms with E-state index in [0.29, 0.717) is 12.0 Å². The maximum Gasteiger partial charge on any atom is 0.315 e. The van der Waals surface area contributed by atoms with Crippen LogP contribution in [0.2, 0.25) is 0 Å². The molecule has 0 radical (unpaired) electrons. The second kappa shape index (κ2) is 5.55. The van der Waals surface area contributed by atoms with Crippen LogP contribution in [0.1, 0.15) is 58.3 Å². The van der Waals surface area contributed by atoms with Crippen molar-refractivity contribution in [3.63, 3.8) is 0 Å². The van der Waals surface area contributed by atoms with Crippen LogP contribution >= 0.6 is 0 Å². The number of urea groups is 1. The minimum absolute atomic E-state index is 0.0282. The predicted molar refractivity (Wildman–Crippen MR) is 78.4 cm³/mol. The zero-order valence-electron chi connectivity index (χ0n) is 12.5. The second-order valence-electron chi connectivity index (χ2n) is 7.41. The lowest BCUT2D eigenvalue weighted by atomic mass is 9.83. The van der Waals surface area contributed by atoms with Crippen molar-refractivity contribution in [3.05, 3.63) is 0 Å². The van der Waals surface area contributed by atoms with Gasteiger partial charge in [0.1, 0.15) is 0 Å². The van der Waals surface area contributed by atoms with Crippen molar-refractivity contribution < 1.29 is 9.90 Å². The SMILES string of the molecule is CC(CO)(NC(=O)NC1CCCC(C2CC2)C1)C1CC1. The molecular formula is C16H28N2O2. The molecule has 3 rings (SSSR count). The highest BCUT2D eigenvalue weighted by atomic mass is 16.3. The molecule has 3 unspecified atom stereocenters. The van der Waals surface area contributed by atoms with Crippen molar-refractivity contribution in [2.75, 3.05) is 6.61 Å². The van der Waals surface area contributed by atoms with Crippen molar-refractivity contribution >= 4 is 6.03 Å². The van der Waals surface area contributed by atoms with Gasteiger partial charge in [-0.3, -0.25) is 0 Å². The van der Waals surface area contributed by atoms with E-state index in [2.05, 4.69) is 10.6 Å². The Balaban J connectivity index is 1.47. The largest absolute Gasteiger partial charge is 0.394 e. The monoisotopic (exact) mass is 280 g/mol. The molecule has 0 saturated heterocycles. The number of amides is 2. The summed E-state index contributed by atoms with van der Waals surface area (Å²) in [7, 11) is 0. The van der Waals surface area contributed by atoms with E-state index in [9.17, 15) is 9.90 Å². The molecule has 0 aromatic carbocycles. The molecule has 2 amide bonds. The van der Waals surface area contributed by atoms with Crippen molar-refractivity contribution in [1.82, 2.24) is 10.6 Å². The first kappa shape index (κ1) is 14.2. The summed E-state index contributed by atoms with van der Waals surface area (Å²) in [5.41, 5.74) is -0.436. The summed E-state index contributed by atoms with van der Waals surface area (Å²) in [4.78, 5) is 12.2. The summed E-state index contributed by atoms with van der Waals surface area (Å²) in [5, 5.41) is 15.7. The first-order valence-corrected chi connectivity index (χ1v) is 8.30. The van der Waals surface area contributed by atoms with Crippen LogP contribution in [0.25, 0.3) is 0 Å². The molecule has 4 nitrogen and oxygen atoms in total. The molecule has 20 heavy (non-hydrogen) atoms. The van der Waals surface area contributed by atoms with Gasteiger partial charge >= 0.3 is 6.03 Å². The van der Waals surface area contributed by atoms with E-state index in [0.717, 1.165) is 37.5 Å². The predicted octanol–water partition coefficient (Wildman–Crippen LogP) is 2.42. The number of hydrogen-bond acceptors (Lipinski definition) is 2. The zero-order valence-corrected chi connectivity index (χ0v) is 12.5. The molecule has 4 heteroatoms. The number of hydrogen-bond donors (Lipinski definition) is 3. The lowest BCUT2D eigenvalue weighted by Crippen LogP contribution is -2.56. The van der Waals surface area contributed by atoms with Gasteiger partial charge in [0.15, 0.2) is 0 Å². The van der Waals surface area contributed by atoms with Crippen molar-refractivity contribution in [2.24, 2.45) is 17.8 Å². The molecule has 3 aliphatic rings. The number of carbonyl (C=O) groups excluding carboxylic acids is 1. The van der Waals surface area contributed by atoms with Gasteiger partial charge in [0.05, 0.1) is 12.1 Å². The maximum absolute atomic E-state index is 12.2. The first-order chi connectivity index (χ1) is 9.60. The normalized spacial score (nSPS) is 33.3. The topological polar surface area (TPSA) is 61.4 Å². The maximum atomic E-state index is 12.2. The molecule has 0 aliphatic heterocycles. The average molecular weight is 280 g/mol. The molecule has 0 spiro atoms. The Bertz CT molecular complexity index is 365. The number of aliphatic hydroxyl groups is 1. The highest BCUT2D eigenvalue weighted by Crippen LogP contribution is 2.44. The summed E-state index contributed by atoms with van der Waals surface area (Å²) in [6.45, 7) is 1.98. The highest BCUT2D eigenvalue weighted by Gasteiger charge is 2.42. The summed E-state index contributed by atoms with van der Waals surface area (Å²) < 4.78 is 0. The minimum Gasteiger partial charge on any atom is -0.394 e. The van der Waals surface area contributed by atoms with Gasteiger partial charge in [-0.15, -0.1) is 0 Å². The van der Waals surface area contributed by atoms with Crippen molar-refractivity contribution in [3.8, 4) is 0 Å². The molecule has 114 valence electrons. The van der Waals surface area contributed by atoms with Gasteiger partial charge in [0, 0.05) is 6.04 Å². The smallest absolute Gasteiger partial charge is 0.315 e. The van der Waals surface area contributed by atoms with Crippen LogP contribution in [0.3, 0.4) is 0 Å². The fourth-order valence-corrected chi connectivity index (χ4v) is 3.83. The van der Waals surface area contributed by atoms with Gasteiger partial charge in [0.25, 0.3) is 0 Å². The van der Waals surface area contributed by atoms with Crippen LogP contribution < -0.4 is 10.6 Å². The van der Waals surface area contributed by atoms with E-state index < -0.39 is 5.54 Å². The van der Waals surface area contributed by atoms with Crippen LogP contribution in [0.15, 0.2) is 0 Å². The molecule has 3 aliphatic carbocycles. The Kier molecular flexibility index (Phi) is 3.93. The van der Waals surface area contributed by atoms with Gasteiger partial charge in [-0.25, -0.2) is 4.79 Å². The third-order valence-electron chi connectivity index (χ3n) is 5.54. The zero-order chi connectivity index (χ0) is 14.2. The Morgan fingerprint density at radius 3 is 2.50 bits per heavy atom. The fourth-order valence-electron chi connectivity index (χ4n) is 3.83. The first-order valence-electron chi connectivity index (χ1n) is 8.30. The lowest BCUT2D eigenvalue weighted by molar-refractivity contribution is 0.151. The number of nitrogens with one attached hydrogen (secondary N) is 2. The Morgan fingerprint density at radius 2 is 1.90 bits per heavy atom. The van der Waals surface area contributed by atoms with Crippen LogP contribution in [-0.2, 0) is 0 Å². The summed E-state index contributed by atoms with van der Waals surface area (Å²) in [6, 6.07) is 0.242. The highest BCUT2D eigenvalue weighted by molar-refractivity contribution is 5.75. The van der Waals surface area contributed by atoms with E-state index in [4.69, 9.17) is 0 Å². The number of aliphatic hydroxyl groups excluding tert-OH is 1. The molecule has 0 heterocycles. The molecule has 3 fully saturated rings. The van der Waals surface area contributed by atoms with E-state index in [1.807, 2.05) is 6.92 Å². The Hall–Kier alpha value is -0.770. The summed E-state index contributed by atoms with van der Waals surface area (Å²) >= 11 is 0. The number of rotatable bonds is 5. The van der Waals surface area contributed by atoms with E-state index in [1.165, 1.54) is 25.7 Å². The van der Waals surface area contributed by atoms with Crippen LogP contribution in [0.4, 0.5) is 4.79 Å². The molecule has 3 saturated carbocycles. The van der Waals surface area contributed by atoms with Crippen molar-refractivity contribution in [1.29, 1.82) is 0 Å². The molecule has 0 aromatic rings. The van der Waals surface area contributed by atoms with Crippen molar-refractivity contribution in [2.45, 2.75) is 69.9 Å². The quantitative estimate of drug-likeness (QED) is 0.724. The fraction of sp³-hybridized carbons (Fsp3) is 0.938. The van der Waals surface area contributed by atoms with Gasteiger partial charge in [0.2, 0.25) is 0 Å². The van der Waals surface area contributed by atoms with E-state index in [1.54, 1.807) is 0 Å². The summed E-state index contributed by atoms with van der Waals surface area (Å²) in [5.74, 6) is 2.22. The number of carbonyl (C=O) groups is 1. The van der Waals surface area contributed by atoms with Gasteiger partial charge in [-0.1, -0.05) is 12.8 Å². The van der Waals surface area contributed by atoms with Crippen LogP contribution in [-0.4, -0.2) is 29.3 Å². The molecule has 3 atom stereocenters. The lowest BCUT2D eigenvalue weighted by Gasteiger charge is -2.33. The molecule has 0 bridgehead atoms. The van der Waals surface area contributed by atoms with E-state index in [-0.39, 0.29) is 12.6 Å². The minimum atomic E-state index is -0.436. The average Bonchev–Trinajstić information content (AvgIpc) is 3.31. The van der Waals surface area contributed by atoms with Crippen LogP contribution in [0.5, 0.6) is 0 Å². The standard InChI is InChI=1S/C16H28N2O2/c1-16(10-19,13-7-8-13)18-15(20)17-14-4-2-3-12(9-14)11-5-6-11/h11-14,19H,2-10H2,1H3,(H2,17,18,20). The Labute approximate surface area is 121 Å². The van der Waals surface area contributed by atoms with Crippen LogP contribution in [0, 0.1) is 17.8 Å². The van der Waals surface area contributed by atoms with Gasteiger partial charge < -0.3 is 15.7 Å². The van der Waals surface area contributed by atoms with Gasteiger partial charge in [-0.2, -0.15) is 0 Å². The molecule has 0 aromatic heterocycles. The summed E-state index contributed by atoms with van der Waals surface area (Å²) in [6.07, 6.45) is 9.87. The second-order valence-corrected chi connectivity index (χ2v) is 7.41. The third-order valence-corrected chi connectivity index (χ3v) is 5.54.